The second kappa shape index (κ2) is 8.24. The molecule has 3 N–H and O–H groups in total. The van der Waals surface area contributed by atoms with Gasteiger partial charge in [0.15, 0.2) is 6.10 Å². The van der Waals surface area contributed by atoms with Crippen LogP contribution in [-0.2, 0) is 11.2 Å². The molecule has 2 rings (SSSR count). The Hall–Kier alpha value is -2.84. The first kappa shape index (κ1) is 20.5. The third-order valence-electron chi connectivity index (χ3n) is 4.24. The van der Waals surface area contributed by atoms with E-state index in [2.05, 4.69) is 0 Å². The Morgan fingerprint density at radius 3 is 2.33 bits per heavy atom. The van der Waals surface area contributed by atoms with Crippen LogP contribution in [0.3, 0.4) is 0 Å². The van der Waals surface area contributed by atoms with Gasteiger partial charge in [0.2, 0.25) is 0 Å². The van der Waals surface area contributed by atoms with Crippen molar-refractivity contribution in [2.24, 2.45) is 5.84 Å². The molecular weight excluding hydrogens is 358 g/mol. The summed E-state index contributed by atoms with van der Waals surface area (Å²) in [5.74, 6) is 2.19. The number of rotatable bonds is 5. The molecule has 0 aliphatic rings. The number of aliphatic hydroxyl groups excluding tert-OH is 1. The first-order valence-electron chi connectivity index (χ1n) is 8.14. The van der Waals surface area contributed by atoms with E-state index in [0.717, 1.165) is 17.7 Å². The maximum absolute atomic E-state index is 13.3. The molecule has 2 amide bonds. The first-order chi connectivity index (χ1) is 12.7. The van der Waals surface area contributed by atoms with Crippen molar-refractivity contribution in [2.75, 3.05) is 7.11 Å². The number of hydrazine groups is 1. The summed E-state index contributed by atoms with van der Waals surface area (Å²) >= 11 is 0. The van der Waals surface area contributed by atoms with Crippen molar-refractivity contribution in [1.29, 1.82) is 0 Å². The molecule has 0 saturated heterocycles. The maximum Gasteiger partial charge on any atom is 0.277 e. The molecule has 0 bridgehead atoms. The number of carbonyl (C=O) groups is 2. The molecule has 0 radical (unpaired) electrons. The molecular formula is C19H20F2N2O4. The van der Waals surface area contributed by atoms with Gasteiger partial charge < -0.3 is 9.84 Å². The summed E-state index contributed by atoms with van der Waals surface area (Å²) in [5.41, 5.74) is 1.18. The molecule has 27 heavy (non-hydrogen) atoms. The van der Waals surface area contributed by atoms with Crippen LogP contribution in [-0.4, -0.2) is 29.0 Å². The molecule has 6 nitrogen and oxygen atoms in total. The minimum atomic E-state index is -1.99. The van der Waals surface area contributed by atoms with E-state index in [1.807, 2.05) is 6.92 Å². The van der Waals surface area contributed by atoms with Crippen LogP contribution < -0.4 is 10.6 Å². The second-order valence-corrected chi connectivity index (χ2v) is 5.89. The van der Waals surface area contributed by atoms with E-state index >= 15 is 0 Å². The van der Waals surface area contributed by atoms with E-state index in [1.165, 1.54) is 13.2 Å². The SMILES string of the molecule is CCc1c(C(=O)N(N)C(=O)C(O)c2cc(F)cc(F)c2)ccc(OC)c1C. The van der Waals surface area contributed by atoms with Crippen LogP contribution in [0.25, 0.3) is 0 Å². The normalized spacial score (nSPS) is 11.8. The molecule has 1 unspecified atom stereocenters. The third-order valence-corrected chi connectivity index (χ3v) is 4.24. The first-order valence-corrected chi connectivity index (χ1v) is 8.14. The number of halogens is 2. The molecule has 0 aliphatic heterocycles. The van der Waals surface area contributed by atoms with Gasteiger partial charge >= 0.3 is 0 Å². The number of imide groups is 1. The predicted molar refractivity (Wildman–Crippen MR) is 93.8 cm³/mol. The molecule has 2 aromatic rings. The fraction of sp³-hybridized carbons (Fsp3) is 0.263. The van der Waals surface area contributed by atoms with Crippen LogP contribution in [0.15, 0.2) is 30.3 Å². The van der Waals surface area contributed by atoms with Crippen molar-refractivity contribution < 1.29 is 28.2 Å². The summed E-state index contributed by atoms with van der Waals surface area (Å²) in [5, 5.41) is 10.3. The van der Waals surface area contributed by atoms with Gasteiger partial charge in [0.25, 0.3) is 11.8 Å². The number of nitrogens with two attached hydrogens (primary N) is 1. The van der Waals surface area contributed by atoms with Crippen LogP contribution >= 0.6 is 0 Å². The number of carbonyl (C=O) groups excluding carboxylic acids is 2. The van der Waals surface area contributed by atoms with Gasteiger partial charge in [0.05, 0.1) is 7.11 Å². The van der Waals surface area contributed by atoms with Gasteiger partial charge in [-0.15, -0.1) is 0 Å². The quantitative estimate of drug-likeness (QED) is 0.474. The summed E-state index contributed by atoms with van der Waals surface area (Å²) in [6.07, 6.45) is -1.52. The Labute approximate surface area is 155 Å². The van der Waals surface area contributed by atoms with Crippen LogP contribution in [0.2, 0.25) is 0 Å². The van der Waals surface area contributed by atoms with Gasteiger partial charge in [-0.1, -0.05) is 6.92 Å². The molecule has 0 heterocycles. The van der Waals surface area contributed by atoms with E-state index in [0.29, 0.717) is 23.8 Å². The topological polar surface area (TPSA) is 92.9 Å². The van der Waals surface area contributed by atoms with E-state index in [4.69, 9.17) is 10.6 Å². The fourth-order valence-electron chi connectivity index (χ4n) is 2.85. The average molecular weight is 378 g/mol. The Bertz CT molecular complexity index is 866. The van der Waals surface area contributed by atoms with Gasteiger partial charge in [0.1, 0.15) is 17.4 Å². The summed E-state index contributed by atoms with van der Waals surface area (Å²) in [6, 6.07) is 5.21. The monoisotopic (exact) mass is 378 g/mol. The second-order valence-electron chi connectivity index (χ2n) is 5.89. The summed E-state index contributed by atoms with van der Waals surface area (Å²) in [7, 11) is 1.50. The zero-order valence-corrected chi connectivity index (χ0v) is 15.1. The van der Waals surface area contributed by atoms with Crippen LogP contribution in [0.5, 0.6) is 5.75 Å². The van der Waals surface area contributed by atoms with Gasteiger partial charge in [-0.05, 0) is 54.3 Å². The molecule has 0 aromatic heterocycles. The van der Waals surface area contributed by atoms with Crippen molar-refractivity contribution in [3.63, 3.8) is 0 Å². The summed E-state index contributed by atoms with van der Waals surface area (Å²) in [4.78, 5) is 25.0. The molecule has 0 fully saturated rings. The van der Waals surface area contributed by atoms with Crippen LogP contribution in [0.4, 0.5) is 8.78 Å². The Kier molecular flexibility index (Phi) is 6.24. The highest BCUT2D eigenvalue weighted by Gasteiger charge is 2.29. The van der Waals surface area contributed by atoms with Gasteiger partial charge in [0, 0.05) is 11.6 Å². The Morgan fingerprint density at radius 1 is 1.22 bits per heavy atom. The highest BCUT2D eigenvalue weighted by molar-refractivity contribution is 6.06. The average Bonchev–Trinajstić information content (AvgIpc) is 2.64. The molecule has 144 valence electrons. The summed E-state index contributed by atoms with van der Waals surface area (Å²) in [6.45, 7) is 3.59. The van der Waals surface area contributed by atoms with Crippen LogP contribution in [0, 0.1) is 18.6 Å². The lowest BCUT2D eigenvalue weighted by atomic mass is 9.97. The molecule has 0 spiro atoms. The zero-order chi connectivity index (χ0) is 20.3. The van der Waals surface area contributed by atoms with Crippen molar-refractivity contribution in [3.8, 4) is 5.75 Å². The molecule has 1 atom stereocenters. The number of hydrogen-bond donors (Lipinski definition) is 2. The minimum absolute atomic E-state index is 0.171. The van der Waals surface area contributed by atoms with Crippen LogP contribution in [0.1, 0.15) is 40.1 Å². The smallest absolute Gasteiger partial charge is 0.277 e. The zero-order valence-electron chi connectivity index (χ0n) is 15.1. The van der Waals surface area contributed by atoms with Crippen molar-refractivity contribution in [3.05, 3.63) is 64.2 Å². The minimum Gasteiger partial charge on any atom is -0.496 e. The molecule has 0 aliphatic carbocycles. The van der Waals surface area contributed by atoms with Crippen molar-refractivity contribution >= 4 is 11.8 Å². The highest BCUT2D eigenvalue weighted by atomic mass is 19.1. The Morgan fingerprint density at radius 2 is 1.81 bits per heavy atom. The predicted octanol–water partition coefficient (Wildman–Crippen LogP) is 2.42. The van der Waals surface area contributed by atoms with Gasteiger partial charge in [-0.25, -0.2) is 19.6 Å². The lowest BCUT2D eigenvalue weighted by Crippen LogP contribution is -2.45. The number of benzene rings is 2. The third kappa shape index (κ3) is 4.12. The van der Waals surface area contributed by atoms with Crippen molar-refractivity contribution in [2.45, 2.75) is 26.4 Å². The Balaban J connectivity index is 2.34. The standard InChI is InChI=1S/C19H20F2N2O4/c1-4-14-10(2)16(27-3)6-5-15(14)18(25)23(22)19(26)17(24)11-7-12(20)9-13(21)8-11/h5-9,17,24H,4,22H2,1-3H3. The number of aliphatic hydroxyl groups is 1. The fourth-order valence-corrected chi connectivity index (χ4v) is 2.85. The largest absolute Gasteiger partial charge is 0.496 e. The van der Waals surface area contributed by atoms with Crippen molar-refractivity contribution in [1.82, 2.24) is 5.01 Å². The number of hydrogen-bond acceptors (Lipinski definition) is 5. The molecule has 0 saturated carbocycles. The maximum atomic E-state index is 13.3. The highest BCUT2D eigenvalue weighted by Crippen LogP contribution is 2.26. The van der Waals surface area contributed by atoms with Gasteiger partial charge in [-0.3, -0.25) is 9.59 Å². The number of nitrogens with zero attached hydrogens (tertiary/aromatic N) is 1. The van der Waals surface area contributed by atoms with E-state index < -0.39 is 29.6 Å². The lowest BCUT2D eigenvalue weighted by molar-refractivity contribution is -0.138. The molecule has 8 heteroatoms. The van der Waals surface area contributed by atoms with E-state index in [9.17, 15) is 23.5 Å². The lowest BCUT2D eigenvalue weighted by Gasteiger charge is -2.21. The molecule has 2 aromatic carbocycles. The number of methoxy groups -OCH3 is 1. The summed E-state index contributed by atoms with van der Waals surface area (Å²) < 4.78 is 31.8. The number of ether oxygens (including phenoxy) is 1. The van der Waals surface area contributed by atoms with E-state index in [1.54, 1.807) is 13.0 Å². The number of amides is 2. The van der Waals surface area contributed by atoms with E-state index in [-0.39, 0.29) is 16.1 Å². The van der Waals surface area contributed by atoms with Gasteiger partial charge in [-0.2, -0.15) is 0 Å².